The Morgan fingerprint density at radius 1 is 1.05 bits per heavy atom. The number of benzene rings is 2. The molecule has 0 radical (unpaired) electrons. The van der Waals surface area contributed by atoms with Crippen molar-refractivity contribution in [3.63, 3.8) is 0 Å². The first-order valence-corrected chi connectivity index (χ1v) is 6.22. The molecular weight excluding hydrogens is 252 g/mol. The van der Waals surface area contributed by atoms with E-state index in [1.54, 1.807) is 24.3 Å². The molecule has 0 heterocycles. The van der Waals surface area contributed by atoms with Crippen LogP contribution in [0.2, 0.25) is 0 Å². The van der Waals surface area contributed by atoms with Gasteiger partial charge in [-0.2, -0.15) is 5.26 Å². The highest BCUT2D eigenvalue weighted by atomic mass is 16.6. The maximum Gasteiger partial charge on any atom is 0.416 e. The molecule has 0 aromatic heterocycles. The fraction of sp³-hybridized carbons (Fsp3) is 0.125. The second-order valence-electron chi connectivity index (χ2n) is 4.18. The molecule has 4 heteroatoms. The molecule has 4 nitrogen and oxygen atoms in total. The smallest absolute Gasteiger partial charge is 0.410 e. The van der Waals surface area contributed by atoms with Crippen molar-refractivity contribution in [2.45, 2.75) is 6.54 Å². The summed E-state index contributed by atoms with van der Waals surface area (Å²) in [4.78, 5) is 13.4. The zero-order valence-electron chi connectivity index (χ0n) is 10.9. The van der Waals surface area contributed by atoms with Crippen LogP contribution in [-0.2, 0) is 6.54 Å². The van der Waals surface area contributed by atoms with Gasteiger partial charge in [0.05, 0.1) is 12.6 Å². The number of carbonyl (C=O) groups is 1. The van der Waals surface area contributed by atoms with Crippen LogP contribution in [0.4, 0.5) is 4.79 Å². The van der Waals surface area contributed by atoms with E-state index in [0.29, 0.717) is 12.3 Å². The van der Waals surface area contributed by atoms with Crippen molar-refractivity contribution < 1.29 is 9.53 Å². The Labute approximate surface area is 117 Å². The minimum Gasteiger partial charge on any atom is -0.410 e. The Morgan fingerprint density at radius 2 is 1.65 bits per heavy atom. The fourth-order valence-corrected chi connectivity index (χ4v) is 1.73. The van der Waals surface area contributed by atoms with Crippen molar-refractivity contribution in [3.8, 4) is 11.8 Å². The van der Waals surface area contributed by atoms with E-state index in [2.05, 4.69) is 0 Å². The molecule has 2 aromatic carbocycles. The van der Waals surface area contributed by atoms with Crippen molar-refractivity contribution >= 4 is 6.09 Å². The van der Waals surface area contributed by atoms with Gasteiger partial charge in [-0.1, -0.05) is 48.5 Å². The summed E-state index contributed by atoms with van der Waals surface area (Å²) in [6.45, 7) is 0.334. The molecule has 0 fully saturated rings. The van der Waals surface area contributed by atoms with Crippen molar-refractivity contribution in [2.75, 3.05) is 6.54 Å². The Balaban J connectivity index is 2.05. The fourth-order valence-electron chi connectivity index (χ4n) is 1.73. The summed E-state index contributed by atoms with van der Waals surface area (Å²) >= 11 is 0. The molecule has 20 heavy (non-hydrogen) atoms. The van der Waals surface area contributed by atoms with Gasteiger partial charge in [-0.25, -0.2) is 4.79 Å². The molecule has 0 saturated carbocycles. The monoisotopic (exact) mass is 266 g/mol. The molecule has 1 amide bonds. The van der Waals surface area contributed by atoms with Crippen molar-refractivity contribution in [2.24, 2.45) is 0 Å². The number of hydrogen-bond acceptors (Lipinski definition) is 3. The number of para-hydroxylation sites is 1. The van der Waals surface area contributed by atoms with Gasteiger partial charge in [0.1, 0.15) is 12.3 Å². The van der Waals surface area contributed by atoms with E-state index in [4.69, 9.17) is 10.00 Å². The third-order valence-electron chi connectivity index (χ3n) is 2.68. The normalized spacial score (nSPS) is 9.55. The Morgan fingerprint density at radius 3 is 2.25 bits per heavy atom. The summed E-state index contributed by atoms with van der Waals surface area (Å²) in [6, 6.07) is 20.3. The highest BCUT2D eigenvalue weighted by molar-refractivity contribution is 5.71. The van der Waals surface area contributed by atoms with Crippen LogP contribution in [0.15, 0.2) is 60.7 Å². The zero-order valence-corrected chi connectivity index (χ0v) is 10.9. The van der Waals surface area contributed by atoms with Crippen LogP contribution >= 0.6 is 0 Å². The Hall–Kier alpha value is -2.80. The Kier molecular flexibility index (Phi) is 4.74. The number of nitriles is 1. The number of nitrogens with zero attached hydrogens (tertiary/aromatic N) is 2. The van der Waals surface area contributed by atoms with E-state index in [0.717, 1.165) is 5.56 Å². The van der Waals surface area contributed by atoms with E-state index in [-0.39, 0.29) is 6.54 Å². The van der Waals surface area contributed by atoms with Crippen LogP contribution in [0.3, 0.4) is 0 Å². The highest BCUT2D eigenvalue weighted by Crippen LogP contribution is 2.12. The number of rotatable bonds is 4. The summed E-state index contributed by atoms with van der Waals surface area (Å²) in [6.07, 6.45) is -0.526. The van der Waals surface area contributed by atoms with Gasteiger partial charge in [-0.15, -0.1) is 0 Å². The average molecular weight is 266 g/mol. The molecule has 100 valence electrons. The summed E-state index contributed by atoms with van der Waals surface area (Å²) in [5.41, 5.74) is 0.952. The van der Waals surface area contributed by atoms with Crippen molar-refractivity contribution in [1.82, 2.24) is 4.90 Å². The summed E-state index contributed by atoms with van der Waals surface area (Å²) in [7, 11) is 0. The van der Waals surface area contributed by atoms with E-state index in [9.17, 15) is 4.79 Å². The number of hydrogen-bond donors (Lipinski definition) is 0. The highest BCUT2D eigenvalue weighted by Gasteiger charge is 2.15. The van der Waals surface area contributed by atoms with Gasteiger partial charge < -0.3 is 4.74 Å². The quantitative estimate of drug-likeness (QED) is 0.798. The first kappa shape index (κ1) is 13.6. The number of amides is 1. The average Bonchev–Trinajstić information content (AvgIpc) is 2.49. The topological polar surface area (TPSA) is 53.3 Å². The first-order valence-electron chi connectivity index (χ1n) is 6.22. The van der Waals surface area contributed by atoms with Crippen molar-refractivity contribution in [3.05, 3.63) is 66.2 Å². The van der Waals surface area contributed by atoms with Crippen LogP contribution in [0.25, 0.3) is 0 Å². The molecule has 0 unspecified atom stereocenters. The molecule has 2 aromatic rings. The SMILES string of the molecule is N#CCN(Cc1ccccc1)C(=O)Oc1ccccc1. The lowest BCUT2D eigenvalue weighted by Crippen LogP contribution is -2.33. The summed E-state index contributed by atoms with van der Waals surface area (Å²) in [5, 5.41) is 8.83. The first-order chi connectivity index (χ1) is 9.79. The largest absolute Gasteiger partial charge is 0.416 e. The van der Waals surface area contributed by atoms with Gasteiger partial charge >= 0.3 is 6.09 Å². The van der Waals surface area contributed by atoms with Crippen LogP contribution in [-0.4, -0.2) is 17.5 Å². The lowest BCUT2D eigenvalue weighted by Gasteiger charge is -2.19. The summed E-state index contributed by atoms with van der Waals surface area (Å²) in [5.74, 6) is 0.466. The molecule has 0 atom stereocenters. The third-order valence-corrected chi connectivity index (χ3v) is 2.68. The molecule has 0 bridgehead atoms. The maximum absolute atomic E-state index is 12.1. The standard InChI is InChI=1S/C16H14N2O2/c17-11-12-18(13-14-7-3-1-4-8-14)16(19)20-15-9-5-2-6-10-15/h1-10H,12-13H2. The number of carbonyl (C=O) groups excluding carboxylic acids is 1. The van der Waals surface area contributed by atoms with Crippen LogP contribution < -0.4 is 4.74 Å². The molecule has 0 aliphatic heterocycles. The summed E-state index contributed by atoms with van der Waals surface area (Å²) < 4.78 is 5.24. The van der Waals surface area contributed by atoms with Crippen LogP contribution in [0, 0.1) is 11.3 Å². The number of ether oxygens (including phenoxy) is 1. The molecule has 0 saturated heterocycles. The minimum absolute atomic E-state index is 0.0133. The molecule has 0 aliphatic carbocycles. The zero-order chi connectivity index (χ0) is 14.2. The predicted molar refractivity (Wildman–Crippen MR) is 74.9 cm³/mol. The van der Waals surface area contributed by atoms with Crippen LogP contribution in [0.5, 0.6) is 5.75 Å². The van der Waals surface area contributed by atoms with E-state index in [1.165, 1.54) is 4.90 Å². The maximum atomic E-state index is 12.1. The lowest BCUT2D eigenvalue weighted by molar-refractivity contribution is 0.155. The minimum atomic E-state index is -0.526. The van der Waals surface area contributed by atoms with Crippen molar-refractivity contribution in [1.29, 1.82) is 5.26 Å². The van der Waals surface area contributed by atoms with E-state index >= 15 is 0 Å². The van der Waals surface area contributed by atoms with Gasteiger partial charge in [-0.05, 0) is 17.7 Å². The molecule has 0 aliphatic rings. The third kappa shape index (κ3) is 3.85. The Bertz CT molecular complexity index is 591. The van der Waals surface area contributed by atoms with E-state index in [1.807, 2.05) is 42.5 Å². The second kappa shape index (κ2) is 6.95. The second-order valence-corrected chi connectivity index (χ2v) is 4.18. The lowest BCUT2D eigenvalue weighted by atomic mass is 10.2. The molecular formula is C16H14N2O2. The van der Waals surface area contributed by atoms with Gasteiger partial charge in [0.15, 0.2) is 0 Å². The van der Waals surface area contributed by atoms with Gasteiger partial charge in [0.2, 0.25) is 0 Å². The van der Waals surface area contributed by atoms with Gasteiger partial charge in [0.25, 0.3) is 0 Å². The molecule has 0 N–H and O–H groups in total. The van der Waals surface area contributed by atoms with Gasteiger partial charge in [-0.3, -0.25) is 4.90 Å². The van der Waals surface area contributed by atoms with E-state index < -0.39 is 6.09 Å². The van der Waals surface area contributed by atoms with Crippen LogP contribution in [0.1, 0.15) is 5.56 Å². The molecule has 0 spiro atoms. The predicted octanol–water partition coefficient (Wildman–Crippen LogP) is 3.21. The van der Waals surface area contributed by atoms with Gasteiger partial charge in [0, 0.05) is 0 Å². The molecule has 2 rings (SSSR count).